The maximum atomic E-state index is 12.2. The minimum atomic E-state index is -3.54. The molecule has 0 aliphatic heterocycles. The van der Waals surface area contributed by atoms with Crippen LogP contribution >= 0.6 is 15.9 Å². The number of aromatic nitrogens is 1. The Hall–Kier alpha value is -0.500. The Labute approximate surface area is 121 Å². The first kappa shape index (κ1) is 14.9. The second-order valence-corrected chi connectivity index (χ2v) is 7.86. The van der Waals surface area contributed by atoms with Gasteiger partial charge in [0.1, 0.15) is 4.90 Å². The van der Waals surface area contributed by atoms with Crippen molar-refractivity contribution in [2.45, 2.75) is 49.1 Å². The fraction of sp³-hybridized carbons (Fsp3) is 0.583. The van der Waals surface area contributed by atoms with Crippen molar-refractivity contribution >= 4 is 26.0 Å². The van der Waals surface area contributed by atoms with Gasteiger partial charge in [-0.1, -0.05) is 0 Å². The van der Waals surface area contributed by atoms with Crippen LogP contribution in [0.25, 0.3) is 0 Å². The molecule has 0 saturated heterocycles. The van der Waals surface area contributed by atoms with Gasteiger partial charge in [0.05, 0.1) is 5.60 Å². The summed E-state index contributed by atoms with van der Waals surface area (Å²) in [6.45, 7) is 1.79. The summed E-state index contributed by atoms with van der Waals surface area (Å²) < 4.78 is 27.7. The zero-order chi connectivity index (χ0) is 14.1. The smallest absolute Gasteiger partial charge is 0.242 e. The Morgan fingerprint density at radius 1 is 1.42 bits per heavy atom. The minimum absolute atomic E-state index is 0.121. The van der Waals surface area contributed by atoms with Crippen molar-refractivity contribution in [3.63, 3.8) is 0 Å². The second kappa shape index (κ2) is 5.47. The van der Waals surface area contributed by atoms with Gasteiger partial charge in [-0.2, -0.15) is 0 Å². The molecule has 1 aliphatic rings. The monoisotopic (exact) mass is 348 g/mol. The van der Waals surface area contributed by atoms with Crippen molar-refractivity contribution < 1.29 is 13.5 Å². The number of halogens is 1. The third-order valence-corrected chi connectivity index (χ3v) is 5.30. The van der Waals surface area contributed by atoms with Gasteiger partial charge in [-0.3, -0.25) is 4.98 Å². The van der Waals surface area contributed by atoms with Crippen molar-refractivity contribution in [2.24, 2.45) is 0 Å². The average molecular weight is 349 g/mol. The highest BCUT2D eigenvalue weighted by molar-refractivity contribution is 9.10. The Kier molecular flexibility index (Phi) is 4.29. The van der Waals surface area contributed by atoms with Crippen LogP contribution in [0.3, 0.4) is 0 Å². The van der Waals surface area contributed by atoms with Gasteiger partial charge in [-0.25, -0.2) is 13.1 Å². The molecule has 2 N–H and O–H groups in total. The summed E-state index contributed by atoms with van der Waals surface area (Å²) in [5, 5.41) is 9.85. The van der Waals surface area contributed by atoms with E-state index in [1.165, 1.54) is 18.5 Å². The van der Waals surface area contributed by atoms with Gasteiger partial charge < -0.3 is 5.11 Å². The van der Waals surface area contributed by atoms with E-state index in [-0.39, 0.29) is 10.9 Å². The lowest BCUT2D eigenvalue weighted by atomic mass is 9.84. The first-order chi connectivity index (χ1) is 8.78. The normalized spacial score (nSPS) is 28.3. The standard InChI is InChI=1S/C12H17BrN2O3S/c1-12(16)4-2-10(3-5-12)15-19(17,18)11-6-9(13)7-14-8-11/h6-8,10,15-16H,2-5H2,1H3/t10-,12-. The summed E-state index contributed by atoms with van der Waals surface area (Å²) in [6.07, 6.45) is 5.37. The molecule has 2 rings (SSSR count). The summed E-state index contributed by atoms with van der Waals surface area (Å²) in [4.78, 5) is 4.01. The predicted molar refractivity (Wildman–Crippen MR) is 75.1 cm³/mol. The molecule has 1 aromatic heterocycles. The van der Waals surface area contributed by atoms with E-state index in [2.05, 4.69) is 25.6 Å². The molecule has 1 heterocycles. The van der Waals surface area contributed by atoms with Gasteiger partial charge in [-0.15, -0.1) is 0 Å². The third-order valence-electron chi connectivity index (χ3n) is 3.37. The molecule has 0 radical (unpaired) electrons. The van der Waals surface area contributed by atoms with Gasteiger partial charge in [0.25, 0.3) is 0 Å². The fourth-order valence-corrected chi connectivity index (χ4v) is 3.99. The number of nitrogens with one attached hydrogen (secondary N) is 1. The number of sulfonamides is 1. The molecule has 1 aliphatic carbocycles. The van der Waals surface area contributed by atoms with Crippen LogP contribution in [0.15, 0.2) is 27.8 Å². The molecule has 5 nitrogen and oxygen atoms in total. The van der Waals surface area contributed by atoms with Crippen LogP contribution in [0.2, 0.25) is 0 Å². The van der Waals surface area contributed by atoms with Gasteiger partial charge in [0, 0.05) is 22.9 Å². The van der Waals surface area contributed by atoms with Crippen LogP contribution in [-0.4, -0.2) is 30.2 Å². The third kappa shape index (κ3) is 3.98. The van der Waals surface area contributed by atoms with E-state index in [0.29, 0.717) is 30.2 Å². The number of hydrogen-bond acceptors (Lipinski definition) is 4. The maximum absolute atomic E-state index is 12.2. The summed E-state index contributed by atoms with van der Waals surface area (Å²) in [5.74, 6) is 0. The lowest BCUT2D eigenvalue weighted by Gasteiger charge is -2.33. The van der Waals surface area contributed by atoms with Crippen LogP contribution in [0.1, 0.15) is 32.6 Å². The molecular weight excluding hydrogens is 332 g/mol. The van der Waals surface area contributed by atoms with Gasteiger partial charge >= 0.3 is 0 Å². The molecule has 1 aromatic rings. The van der Waals surface area contributed by atoms with Crippen molar-refractivity contribution in [3.8, 4) is 0 Å². The molecule has 7 heteroatoms. The quantitative estimate of drug-likeness (QED) is 0.872. The largest absolute Gasteiger partial charge is 0.390 e. The molecule has 0 amide bonds. The predicted octanol–water partition coefficient (Wildman–Crippen LogP) is 1.82. The molecule has 0 atom stereocenters. The van der Waals surface area contributed by atoms with E-state index in [0.717, 1.165) is 0 Å². The molecule has 0 aromatic carbocycles. The molecule has 0 spiro atoms. The zero-order valence-electron chi connectivity index (χ0n) is 10.6. The first-order valence-corrected chi connectivity index (χ1v) is 8.41. The Bertz CT molecular complexity index is 550. The van der Waals surface area contributed by atoms with E-state index >= 15 is 0 Å². The van der Waals surface area contributed by atoms with Crippen LogP contribution in [-0.2, 0) is 10.0 Å². The summed E-state index contributed by atoms with van der Waals surface area (Å²) in [5.41, 5.74) is -0.667. The first-order valence-electron chi connectivity index (χ1n) is 6.14. The molecule has 106 valence electrons. The summed E-state index contributed by atoms with van der Waals surface area (Å²) in [7, 11) is -3.54. The molecule has 0 bridgehead atoms. The van der Waals surface area contributed by atoms with E-state index < -0.39 is 15.6 Å². The highest BCUT2D eigenvalue weighted by Gasteiger charge is 2.31. The van der Waals surface area contributed by atoms with Crippen molar-refractivity contribution in [2.75, 3.05) is 0 Å². The van der Waals surface area contributed by atoms with Crippen molar-refractivity contribution in [1.82, 2.24) is 9.71 Å². The van der Waals surface area contributed by atoms with E-state index in [4.69, 9.17) is 0 Å². The van der Waals surface area contributed by atoms with Crippen molar-refractivity contribution in [1.29, 1.82) is 0 Å². The summed E-state index contributed by atoms with van der Waals surface area (Å²) >= 11 is 3.21. The number of hydrogen-bond donors (Lipinski definition) is 2. The topological polar surface area (TPSA) is 79.3 Å². The van der Waals surface area contributed by atoms with E-state index in [1.807, 2.05) is 0 Å². The van der Waals surface area contributed by atoms with Crippen LogP contribution in [0.5, 0.6) is 0 Å². The number of pyridine rings is 1. The van der Waals surface area contributed by atoms with Crippen LogP contribution in [0.4, 0.5) is 0 Å². The average Bonchev–Trinajstić information content (AvgIpc) is 2.32. The molecule has 1 fully saturated rings. The zero-order valence-corrected chi connectivity index (χ0v) is 13.0. The Balaban J connectivity index is 2.06. The SMILES string of the molecule is C[C@]1(O)CC[C@H](NS(=O)(=O)c2cncc(Br)c2)CC1. The van der Waals surface area contributed by atoms with Crippen LogP contribution in [0, 0.1) is 0 Å². The van der Waals surface area contributed by atoms with Crippen molar-refractivity contribution in [3.05, 3.63) is 22.9 Å². The second-order valence-electron chi connectivity index (χ2n) is 5.23. The van der Waals surface area contributed by atoms with Gasteiger partial charge in [0.15, 0.2) is 0 Å². The van der Waals surface area contributed by atoms with E-state index in [9.17, 15) is 13.5 Å². The highest BCUT2D eigenvalue weighted by Crippen LogP contribution is 2.28. The number of aliphatic hydroxyl groups is 1. The Morgan fingerprint density at radius 2 is 2.05 bits per heavy atom. The molecule has 0 unspecified atom stereocenters. The number of nitrogens with zero attached hydrogens (tertiary/aromatic N) is 1. The molecule has 1 saturated carbocycles. The number of rotatable bonds is 3. The molecule has 19 heavy (non-hydrogen) atoms. The highest BCUT2D eigenvalue weighted by atomic mass is 79.9. The van der Waals surface area contributed by atoms with E-state index in [1.54, 1.807) is 6.92 Å². The molecular formula is C12H17BrN2O3S. The van der Waals surface area contributed by atoms with Gasteiger partial charge in [0.2, 0.25) is 10.0 Å². The maximum Gasteiger partial charge on any atom is 0.242 e. The fourth-order valence-electron chi connectivity index (χ4n) is 2.18. The lowest BCUT2D eigenvalue weighted by Crippen LogP contribution is -2.42. The Morgan fingerprint density at radius 3 is 2.63 bits per heavy atom. The summed E-state index contributed by atoms with van der Waals surface area (Å²) in [6, 6.07) is 1.40. The lowest BCUT2D eigenvalue weighted by molar-refractivity contribution is 0.0163. The minimum Gasteiger partial charge on any atom is -0.390 e. The van der Waals surface area contributed by atoms with Crippen LogP contribution < -0.4 is 4.72 Å². The van der Waals surface area contributed by atoms with Gasteiger partial charge in [-0.05, 0) is 54.6 Å².